The van der Waals surface area contributed by atoms with Gasteiger partial charge in [0.15, 0.2) is 0 Å². The zero-order chi connectivity index (χ0) is 23.6. The van der Waals surface area contributed by atoms with Crippen molar-refractivity contribution < 1.29 is 17.9 Å². The van der Waals surface area contributed by atoms with Crippen LogP contribution in [0, 0.1) is 6.92 Å². The number of ether oxygens (including phenoxy) is 1. The Morgan fingerprint density at radius 3 is 2.52 bits per heavy atom. The van der Waals surface area contributed by atoms with Crippen molar-refractivity contribution in [3.05, 3.63) is 65.2 Å². The second-order valence-corrected chi connectivity index (χ2v) is 11.0. The monoisotopic (exact) mass is 486 g/mol. The van der Waals surface area contributed by atoms with Gasteiger partial charge in [0.05, 0.1) is 6.04 Å². The van der Waals surface area contributed by atoms with Gasteiger partial charge in [-0.25, -0.2) is 13.1 Å². The molecule has 0 spiro atoms. The van der Waals surface area contributed by atoms with Gasteiger partial charge in [0.1, 0.15) is 11.4 Å². The van der Waals surface area contributed by atoms with E-state index in [1.165, 1.54) is 0 Å². The molecule has 0 aliphatic carbocycles. The summed E-state index contributed by atoms with van der Waals surface area (Å²) in [7, 11) is -3.97. The average Bonchev–Trinajstić information content (AvgIpc) is 3.28. The van der Waals surface area contributed by atoms with E-state index in [1.54, 1.807) is 12.1 Å². The summed E-state index contributed by atoms with van der Waals surface area (Å²) in [5.41, 5.74) is 1.82. The van der Waals surface area contributed by atoms with E-state index < -0.39 is 21.7 Å². The van der Waals surface area contributed by atoms with Gasteiger partial charge in [-0.3, -0.25) is 10.1 Å². The van der Waals surface area contributed by atoms with Gasteiger partial charge in [-0.2, -0.15) is 0 Å². The van der Waals surface area contributed by atoms with Crippen molar-refractivity contribution >= 4 is 32.4 Å². The first-order chi connectivity index (χ1) is 15.7. The van der Waals surface area contributed by atoms with Crippen LogP contribution in [0.25, 0.3) is 0 Å². The number of fused-ring (bicyclic) bond motifs is 1. The summed E-state index contributed by atoms with van der Waals surface area (Å²) in [6.45, 7) is 6.01. The largest absolute Gasteiger partial charge is 0.487 e. The van der Waals surface area contributed by atoms with Gasteiger partial charge in [-0.1, -0.05) is 61.1 Å². The molecule has 174 valence electrons. The Morgan fingerprint density at radius 2 is 1.82 bits per heavy atom. The Balaban J connectivity index is 1.54. The van der Waals surface area contributed by atoms with Crippen LogP contribution in [0.2, 0.25) is 0 Å². The molecule has 10 heteroatoms. The molecule has 4 rings (SSSR count). The summed E-state index contributed by atoms with van der Waals surface area (Å²) in [5.74, 6) is 0.306. The summed E-state index contributed by atoms with van der Waals surface area (Å²) in [4.78, 5) is 12.4. The van der Waals surface area contributed by atoms with Crippen molar-refractivity contribution in [2.24, 2.45) is 0 Å². The highest BCUT2D eigenvalue weighted by molar-refractivity contribution is 7.91. The normalized spacial score (nSPS) is 17.1. The number of carbonyl (C=O) groups excluding carboxylic acids is 1. The predicted octanol–water partition coefficient (Wildman–Crippen LogP) is 4.46. The molecule has 1 aliphatic heterocycles. The third kappa shape index (κ3) is 4.92. The standard InChI is InChI=1S/C23H26N4O4S2/c1-4-23(5-2)14-18(17-8-6-7-9-19(17)31-23)27-33(29,30)22-26-25-21(32-22)24-20(28)16-12-10-15(3)11-13-16/h6-13,18,27H,4-5,14H2,1-3H3,(H,24,25,28). The minimum absolute atomic E-state index is 0.116. The molecule has 3 aromatic rings. The Labute approximate surface area is 197 Å². The van der Waals surface area contributed by atoms with Gasteiger partial charge in [-0.15, -0.1) is 10.2 Å². The maximum absolute atomic E-state index is 13.1. The lowest BCUT2D eigenvalue weighted by Crippen LogP contribution is -2.44. The van der Waals surface area contributed by atoms with Gasteiger partial charge >= 0.3 is 0 Å². The minimum atomic E-state index is -3.97. The molecule has 0 radical (unpaired) electrons. The van der Waals surface area contributed by atoms with Gasteiger partial charge in [-0.05, 0) is 38.0 Å². The Bertz CT molecular complexity index is 1250. The van der Waals surface area contributed by atoms with Crippen LogP contribution in [0.5, 0.6) is 5.75 Å². The summed E-state index contributed by atoms with van der Waals surface area (Å²) >= 11 is 0.811. The van der Waals surface area contributed by atoms with Crippen molar-refractivity contribution in [3.63, 3.8) is 0 Å². The molecule has 1 atom stereocenters. The molecule has 1 aliphatic rings. The number of sulfonamides is 1. The number of benzene rings is 2. The second-order valence-electron chi connectivity index (χ2n) is 8.10. The molecular formula is C23H26N4O4S2. The molecule has 0 saturated carbocycles. The van der Waals surface area contributed by atoms with Crippen LogP contribution >= 0.6 is 11.3 Å². The van der Waals surface area contributed by atoms with E-state index in [0.717, 1.165) is 35.3 Å². The number of para-hydroxylation sites is 1. The molecule has 2 aromatic carbocycles. The number of anilines is 1. The van der Waals surface area contributed by atoms with Crippen molar-refractivity contribution in [1.82, 2.24) is 14.9 Å². The topological polar surface area (TPSA) is 110 Å². The van der Waals surface area contributed by atoms with Crippen LogP contribution in [-0.2, 0) is 10.0 Å². The number of nitrogens with one attached hydrogen (secondary N) is 2. The lowest BCUT2D eigenvalue weighted by atomic mass is 9.84. The molecule has 1 unspecified atom stereocenters. The third-order valence-electron chi connectivity index (χ3n) is 5.95. The maximum Gasteiger partial charge on any atom is 0.270 e. The van der Waals surface area contributed by atoms with E-state index in [-0.39, 0.29) is 15.4 Å². The van der Waals surface area contributed by atoms with Crippen LogP contribution in [-0.4, -0.2) is 30.1 Å². The van der Waals surface area contributed by atoms with Crippen LogP contribution in [0.4, 0.5) is 5.13 Å². The number of nitrogens with zero attached hydrogens (tertiary/aromatic N) is 2. The fraction of sp³-hybridized carbons (Fsp3) is 0.348. The Hall–Kier alpha value is -2.82. The van der Waals surface area contributed by atoms with Crippen molar-refractivity contribution in [2.75, 3.05) is 5.32 Å². The highest BCUT2D eigenvalue weighted by Gasteiger charge is 2.40. The van der Waals surface area contributed by atoms with Crippen LogP contribution in [0.3, 0.4) is 0 Å². The average molecular weight is 487 g/mol. The van der Waals surface area contributed by atoms with E-state index in [4.69, 9.17) is 4.74 Å². The SMILES string of the molecule is CCC1(CC)CC(NS(=O)(=O)c2nnc(NC(=O)c3ccc(C)cc3)s2)c2ccccc2O1. The number of carbonyl (C=O) groups is 1. The highest BCUT2D eigenvalue weighted by Crippen LogP contribution is 2.43. The number of amides is 1. The lowest BCUT2D eigenvalue weighted by molar-refractivity contribution is 0.0260. The van der Waals surface area contributed by atoms with Gasteiger partial charge in [0, 0.05) is 17.5 Å². The predicted molar refractivity (Wildman–Crippen MR) is 127 cm³/mol. The van der Waals surface area contributed by atoms with E-state index in [2.05, 4.69) is 20.2 Å². The smallest absolute Gasteiger partial charge is 0.270 e. The molecule has 33 heavy (non-hydrogen) atoms. The number of hydrogen-bond donors (Lipinski definition) is 2. The molecule has 8 nitrogen and oxygen atoms in total. The summed E-state index contributed by atoms with van der Waals surface area (Å²) < 4.78 is 35.1. The second kappa shape index (κ2) is 9.20. The molecular weight excluding hydrogens is 460 g/mol. The fourth-order valence-electron chi connectivity index (χ4n) is 3.89. The van der Waals surface area contributed by atoms with Crippen LogP contribution in [0.1, 0.15) is 60.6 Å². The molecule has 1 aromatic heterocycles. The van der Waals surface area contributed by atoms with E-state index >= 15 is 0 Å². The number of rotatable bonds is 7. The molecule has 1 amide bonds. The third-order valence-corrected chi connectivity index (χ3v) is 8.63. The number of aromatic nitrogens is 2. The van der Waals surface area contributed by atoms with E-state index in [9.17, 15) is 13.2 Å². The zero-order valence-electron chi connectivity index (χ0n) is 18.7. The van der Waals surface area contributed by atoms with Crippen LogP contribution < -0.4 is 14.8 Å². The van der Waals surface area contributed by atoms with Crippen molar-refractivity contribution in [3.8, 4) is 5.75 Å². The lowest BCUT2D eigenvalue weighted by Gasteiger charge is -2.41. The zero-order valence-corrected chi connectivity index (χ0v) is 20.3. The Kier molecular flexibility index (Phi) is 6.51. The van der Waals surface area contributed by atoms with E-state index in [1.807, 2.05) is 57.2 Å². The van der Waals surface area contributed by atoms with Gasteiger partial charge in [0.25, 0.3) is 15.9 Å². The van der Waals surface area contributed by atoms with E-state index in [0.29, 0.717) is 17.7 Å². The first-order valence-electron chi connectivity index (χ1n) is 10.8. The molecule has 0 bridgehead atoms. The minimum Gasteiger partial charge on any atom is -0.487 e. The summed E-state index contributed by atoms with van der Waals surface area (Å²) in [6.07, 6.45) is 2.01. The maximum atomic E-state index is 13.1. The van der Waals surface area contributed by atoms with Crippen molar-refractivity contribution in [2.45, 2.75) is 56.0 Å². The number of hydrogen-bond acceptors (Lipinski definition) is 7. The number of aryl methyl sites for hydroxylation is 1. The molecule has 0 saturated heterocycles. The highest BCUT2D eigenvalue weighted by atomic mass is 32.2. The first-order valence-corrected chi connectivity index (χ1v) is 13.1. The summed E-state index contributed by atoms with van der Waals surface area (Å²) in [6, 6.07) is 14.0. The fourth-order valence-corrected chi connectivity index (χ4v) is 6.01. The molecule has 0 fully saturated rings. The van der Waals surface area contributed by atoms with Crippen molar-refractivity contribution in [1.29, 1.82) is 0 Å². The van der Waals surface area contributed by atoms with Gasteiger partial charge in [0.2, 0.25) is 9.47 Å². The Morgan fingerprint density at radius 1 is 1.12 bits per heavy atom. The molecule has 2 N–H and O–H groups in total. The summed E-state index contributed by atoms with van der Waals surface area (Å²) in [5, 5.41) is 10.4. The first kappa shape index (κ1) is 23.3. The van der Waals surface area contributed by atoms with Gasteiger partial charge < -0.3 is 4.74 Å². The molecule has 2 heterocycles. The quantitative estimate of drug-likeness (QED) is 0.477. The van der Waals surface area contributed by atoms with Crippen LogP contribution in [0.15, 0.2) is 52.9 Å².